The first-order valence-corrected chi connectivity index (χ1v) is 13.7. The number of nitrogens with one attached hydrogen (secondary N) is 1. The van der Waals surface area contributed by atoms with Gasteiger partial charge in [0.1, 0.15) is 4.90 Å². The van der Waals surface area contributed by atoms with Crippen LogP contribution in [0.5, 0.6) is 11.5 Å². The first-order valence-electron chi connectivity index (χ1n) is 10.3. The maximum Gasteiger partial charge on any atom is 0.339 e. The third-order valence-corrected chi connectivity index (χ3v) is 7.55. The fraction of sp³-hybridized carbons (Fsp3) is 0.0833. The molecule has 0 atom stereocenters. The third-order valence-electron chi connectivity index (χ3n) is 4.56. The monoisotopic (exact) mass is 592 g/mol. The highest BCUT2D eigenvalue weighted by Crippen LogP contribution is 2.40. The number of hydrogen-bond acceptors (Lipinski definition) is 7. The summed E-state index contributed by atoms with van der Waals surface area (Å²) < 4.78 is 36.9. The van der Waals surface area contributed by atoms with E-state index in [0.717, 1.165) is 0 Å². The van der Waals surface area contributed by atoms with Gasteiger partial charge in [-0.05, 0) is 94.8 Å². The Bertz CT molecular complexity index is 1430. The van der Waals surface area contributed by atoms with Gasteiger partial charge >= 0.3 is 10.1 Å². The Hall–Kier alpha value is -2.79. The van der Waals surface area contributed by atoms with Gasteiger partial charge in [-0.1, -0.05) is 29.8 Å². The number of nitrogens with zero attached hydrogens (tertiary/aromatic N) is 1. The van der Waals surface area contributed by atoms with E-state index in [1.165, 1.54) is 23.9 Å². The second kappa shape index (κ2) is 10.9. The van der Waals surface area contributed by atoms with E-state index >= 15 is 0 Å². The van der Waals surface area contributed by atoms with Gasteiger partial charge in [-0.25, -0.2) is 4.99 Å². The van der Waals surface area contributed by atoms with E-state index in [2.05, 4.69) is 26.2 Å². The van der Waals surface area contributed by atoms with Crippen molar-refractivity contribution in [1.29, 1.82) is 0 Å². The predicted molar refractivity (Wildman–Crippen MR) is 142 cm³/mol. The predicted octanol–water partition coefficient (Wildman–Crippen LogP) is 6.16. The number of carbonyl (C=O) groups excluding carboxylic acids is 1. The molecule has 0 aliphatic carbocycles. The molecule has 0 bridgehead atoms. The van der Waals surface area contributed by atoms with E-state index in [0.29, 0.717) is 30.8 Å². The molecule has 0 spiro atoms. The van der Waals surface area contributed by atoms with Gasteiger partial charge < -0.3 is 14.2 Å². The number of carbonyl (C=O) groups is 1. The molecule has 0 unspecified atom stereocenters. The molecule has 1 aliphatic rings. The molecule has 0 aromatic heterocycles. The Balaban J connectivity index is 1.62. The van der Waals surface area contributed by atoms with Crippen LogP contribution in [0.15, 0.2) is 86.0 Å². The van der Waals surface area contributed by atoms with Gasteiger partial charge in [0.05, 0.1) is 21.7 Å². The van der Waals surface area contributed by atoms with Gasteiger partial charge in [0.2, 0.25) is 0 Å². The zero-order valence-corrected chi connectivity index (χ0v) is 22.2. The van der Waals surface area contributed by atoms with E-state index in [1.54, 1.807) is 67.6 Å². The van der Waals surface area contributed by atoms with Gasteiger partial charge in [-0.2, -0.15) is 8.42 Å². The molecule has 0 radical (unpaired) electrons. The van der Waals surface area contributed by atoms with Gasteiger partial charge in [0.25, 0.3) is 5.91 Å². The molecular formula is C24H18BrClN2O5S2. The SMILES string of the molecule is CCOc1cc(/C=C2\SC(=Nc3ccc(Cl)cc3)NC2=O)cc(Br)c1OS(=O)(=O)c1ccccc1. The molecule has 0 saturated carbocycles. The average molecular weight is 594 g/mol. The average Bonchev–Trinajstić information content (AvgIpc) is 3.17. The zero-order valence-electron chi connectivity index (χ0n) is 18.2. The second-order valence-electron chi connectivity index (χ2n) is 7.07. The Morgan fingerprint density at radius 3 is 2.51 bits per heavy atom. The summed E-state index contributed by atoms with van der Waals surface area (Å²) in [5.41, 5.74) is 1.26. The summed E-state index contributed by atoms with van der Waals surface area (Å²) >= 11 is 10.5. The quantitative estimate of drug-likeness (QED) is 0.260. The number of benzene rings is 3. The zero-order chi connectivity index (χ0) is 25.0. The molecule has 1 amide bonds. The highest BCUT2D eigenvalue weighted by molar-refractivity contribution is 9.10. The molecule has 7 nitrogen and oxygen atoms in total. The summed E-state index contributed by atoms with van der Waals surface area (Å²) in [7, 11) is -4.08. The van der Waals surface area contributed by atoms with E-state index in [-0.39, 0.29) is 28.9 Å². The lowest BCUT2D eigenvalue weighted by Gasteiger charge is -2.14. The standard InChI is InChI=1S/C24H18BrClN2O5S2/c1-2-32-20-13-15(12-19(25)22(20)33-35(30,31)18-6-4-3-5-7-18)14-21-23(29)28-24(34-21)27-17-10-8-16(26)9-11-17/h3-14H,2H2,1H3,(H,27,28,29)/b21-14-. The molecule has 3 aromatic carbocycles. The van der Waals surface area contributed by atoms with Crippen molar-refractivity contribution in [1.82, 2.24) is 5.32 Å². The summed E-state index contributed by atoms with van der Waals surface area (Å²) in [6.45, 7) is 2.05. The van der Waals surface area contributed by atoms with Gasteiger partial charge in [0, 0.05) is 5.02 Å². The smallest absolute Gasteiger partial charge is 0.339 e. The Labute approximate surface area is 220 Å². The lowest BCUT2D eigenvalue weighted by molar-refractivity contribution is -0.115. The third kappa shape index (κ3) is 6.26. The van der Waals surface area contributed by atoms with Crippen LogP contribution in [-0.4, -0.2) is 26.1 Å². The van der Waals surface area contributed by atoms with Crippen molar-refractivity contribution in [3.05, 3.63) is 86.7 Å². The minimum atomic E-state index is -4.08. The van der Waals surface area contributed by atoms with Crippen LogP contribution in [-0.2, 0) is 14.9 Å². The normalized spacial score (nSPS) is 15.9. The number of thioether (sulfide) groups is 1. The molecule has 4 rings (SSSR count). The fourth-order valence-electron chi connectivity index (χ4n) is 3.02. The van der Waals surface area contributed by atoms with E-state index < -0.39 is 10.1 Å². The first-order chi connectivity index (χ1) is 16.7. The van der Waals surface area contributed by atoms with Crippen LogP contribution in [0, 0.1) is 0 Å². The molecule has 1 heterocycles. The molecule has 1 N–H and O–H groups in total. The highest BCUT2D eigenvalue weighted by atomic mass is 79.9. The van der Waals surface area contributed by atoms with Crippen LogP contribution in [0.25, 0.3) is 6.08 Å². The molecule has 1 fully saturated rings. The molecule has 3 aromatic rings. The lowest BCUT2D eigenvalue weighted by atomic mass is 10.2. The number of hydrogen-bond donors (Lipinski definition) is 1. The van der Waals surface area contributed by atoms with Crippen molar-refractivity contribution in [3.63, 3.8) is 0 Å². The topological polar surface area (TPSA) is 94.1 Å². The van der Waals surface area contributed by atoms with Crippen LogP contribution in [0.4, 0.5) is 5.69 Å². The Kier molecular flexibility index (Phi) is 7.85. The summed E-state index contributed by atoms with van der Waals surface area (Å²) in [5, 5.41) is 3.75. The van der Waals surface area contributed by atoms with Crippen molar-refractivity contribution in [2.75, 3.05) is 6.61 Å². The first kappa shape index (κ1) is 25.3. The minimum absolute atomic E-state index is 0.0198. The van der Waals surface area contributed by atoms with Crippen molar-refractivity contribution in [2.24, 2.45) is 4.99 Å². The van der Waals surface area contributed by atoms with Gasteiger partial charge in [-0.15, -0.1) is 0 Å². The number of halogens is 2. The molecule has 11 heteroatoms. The summed E-state index contributed by atoms with van der Waals surface area (Å²) in [6, 6.07) is 18.0. The van der Waals surface area contributed by atoms with E-state index in [1.807, 2.05) is 0 Å². The second-order valence-corrected chi connectivity index (χ2v) is 10.9. The van der Waals surface area contributed by atoms with Crippen molar-refractivity contribution >= 4 is 72.2 Å². The van der Waals surface area contributed by atoms with Crippen molar-refractivity contribution < 1.29 is 22.1 Å². The summed E-state index contributed by atoms with van der Waals surface area (Å²) in [5.74, 6) is -0.0677. The fourth-order valence-corrected chi connectivity index (χ4v) is 5.62. The maximum atomic E-state index is 12.7. The number of ether oxygens (including phenoxy) is 1. The molecule has 1 saturated heterocycles. The molecule has 1 aliphatic heterocycles. The molecule has 180 valence electrons. The van der Waals surface area contributed by atoms with Crippen LogP contribution in [0.3, 0.4) is 0 Å². The van der Waals surface area contributed by atoms with Crippen molar-refractivity contribution in [3.8, 4) is 11.5 Å². The maximum absolute atomic E-state index is 12.7. The van der Waals surface area contributed by atoms with Crippen molar-refractivity contribution in [2.45, 2.75) is 11.8 Å². The summed E-state index contributed by atoms with van der Waals surface area (Å²) in [6.07, 6.45) is 1.66. The minimum Gasteiger partial charge on any atom is -0.490 e. The van der Waals surface area contributed by atoms with Crippen LogP contribution in [0.2, 0.25) is 5.02 Å². The molecule has 35 heavy (non-hydrogen) atoms. The van der Waals surface area contributed by atoms with Crippen LogP contribution >= 0.6 is 39.3 Å². The Morgan fingerprint density at radius 2 is 1.83 bits per heavy atom. The number of rotatable bonds is 7. The van der Waals surface area contributed by atoms with Gasteiger partial charge in [-0.3, -0.25) is 4.79 Å². The summed E-state index contributed by atoms with van der Waals surface area (Å²) in [4.78, 5) is 17.3. The van der Waals surface area contributed by atoms with Crippen LogP contribution < -0.4 is 14.2 Å². The van der Waals surface area contributed by atoms with Crippen LogP contribution in [0.1, 0.15) is 12.5 Å². The number of aliphatic imine (C=N–C) groups is 1. The van der Waals surface area contributed by atoms with Gasteiger partial charge in [0.15, 0.2) is 16.7 Å². The van der Waals surface area contributed by atoms with E-state index in [4.69, 9.17) is 20.5 Å². The van der Waals surface area contributed by atoms with E-state index in [9.17, 15) is 13.2 Å². The number of amidine groups is 1. The molecular weight excluding hydrogens is 576 g/mol. The largest absolute Gasteiger partial charge is 0.490 e. The Morgan fingerprint density at radius 1 is 1.11 bits per heavy atom. The lowest BCUT2D eigenvalue weighted by Crippen LogP contribution is -2.19. The highest BCUT2D eigenvalue weighted by Gasteiger charge is 2.25. The number of amides is 1.